The molecule has 0 fully saturated rings. The number of hydrogen-bond acceptors (Lipinski definition) is 5. The van der Waals surface area contributed by atoms with Crippen LogP contribution in [0.2, 0.25) is 0 Å². The highest BCUT2D eigenvalue weighted by atomic mass is 32.2. The normalized spacial score (nSPS) is 11.5. The molecule has 0 aliphatic rings. The van der Waals surface area contributed by atoms with Gasteiger partial charge in [0.2, 0.25) is 0 Å². The third-order valence-corrected chi connectivity index (χ3v) is 4.82. The van der Waals surface area contributed by atoms with Gasteiger partial charge in [-0.1, -0.05) is 35.5 Å². The van der Waals surface area contributed by atoms with E-state index in [1.807, 2.05) is 30.3 Å². The summed E-state index contributed by atoms with van der Waals surface area (Å²) < 4.78 is 29.8. The lowest BCUT2D eigenvalue weighted by atomic mass is 10.2. The molecule has 3 rings (SSSR count). The van der Waals surface area contributed by atoms with Gasteiger partial charge < -0.3 is 9.63 Å². The number of aromatic hydroxyl groups is 1. The minimum Gasteiger partial charge on any atom is -0.508 e. The number of sulfone groups is 1. The van der Waals surface area contributed by atoms with Crippen LogP contribution in [0.25, 0.3) is 11.3 Å². The van der Waals surface area contributed by atoms with Gasteiger partial charge in [0.25, 0.3) is 0 Å². The molecule has 22 heavy (non-hydrogen) atoms. The molecule has 1 heterocycles. The Morgan fingerprint density at radius 1 is 1.00 bits per heavy atom. The summed E-state index contributed by atoms with van der Waals surface area (Å²) in [5.74, 6) is 0.289. The molecule has 6 heteroatoms. The fraction of sp³-hybridized carbons (Fsp3) is 0.0625. The van der Waals surface area contributed by atoms with Gasteiger partial charge in [-0.3, -0.25) is 0 Å². The van der Waals surface area contributed by atoms with Crippen molar-refractivity contribution in [2.24, 2.45) is 0 Å². The second-order valence-corrected chi connectivity index (χ2v) is 6.79. The summed E-state index contributed by atoms with van der Waals surface area (Å²) in [4.78, 5) is 0.134. The number of aromatic nitrogens is 1. The second-order valence-electron chi connectivity index (χ2n) is 4.80. The molecule has 2 aromatic carbocycles. The highest BCUT2D eigenvalue weighted by Gasteiger charge is 2.18. The van der Waals surface area contributed by atoms with Crippen LogP contribution in [0.1, 0.15) is 5.69 Å². The quantitative estimate of drug-likeness (QED) is 0.800. The maximum Gasteiger partial charge on any atom is 0.184 e. The number of nitrogens with zero attached hydrogens (tertiary/aromatic N) is 1. The van der Waals surface area contributed by atoms with Crippen LogP contribution in [0.4, 0.5) is 0 Å². The van der Waals surface area contributed by atoms with Crippen molar-refractivity contribution < 1.29 is 18.0 Å². The van der Waals surface area contributed by atoms with E-state index >= 15 is 0 Å². The fourth-order valence-electron chi connectivity index (χ4n) is 2.05. The van der Waals surface area contributed by atoms with Gasteiger partial charge in [0.15, 0.2) is 15.6 Å². The number of phenolic OH excluding ortho intramolecular Hbond substituents is 1. The fourth-order valence-corrected chi connectivity index (χ4v) is 3.29. The third-order valence-electron chi connectivity index (χ3n) is 3.15. The van der Waals surface area contributed by atoms with E-state index in [2.05, 4.69) is 5.16 Å². The molecule has 1 aromatic heterocycles. The van der Waals surface area contributed by atoms with Crippen molar-refractivity contribution in [2.75, 3.05) is 0 Å². The van der Waals surface area contributed by atoms with Crippen LogP contribution < -0.4 is 0 Å². The Bertz CT molecular complexity index is 868. The zero-order valence-corrected chi connectivity index (χ0v) is 12.3. The summed E-state index contributed by atoms with van der Waals surface area (Å²) >= 11 is 0. The summed E-state index contributed by atoms with van der Waals surface area (Å²) in [6, 6.07) is 16.4. The van der Waals surface area contributed by atoms with Crippen molar-refractivity contribution in [3.05, 3.63) is 66.4 Å². The van der Waals surface area contributed by atoms with Crippen LogP contribution >= 0.6 is 0 Å². The second kappa shape index (κ2) is 5.65. The van der Waals surface area contributed by atoms with Crippen molar-refractivity contribution in [3.63, 3.8) is 0 Å². The average molecular weight is 315 g/mol. The molecular weight excluding hydrogens is 302 g/mol. The van der Waals surface area contributed by atoms with E-state index in [0.29, 0.717) is 11.5 Å². The zero-order chi connectivity index (χ0) is 15.6. The molecule has 0 spiro atoms. The molecule has 5 nitrogen and oxygen atoms in total. The largest absolute Gasteiger partial charge is 0.508 e. The molecular formula is C16H13NO4S. The molecule has 0 saturated heterocycles. The first-order chi connectivity index (χ1) is 10.5. The third kappa shape index (κ3) is 3.01. The van der Waals surface area contributed by atoms with Crippen LogP contribution in [0.3, 0.4) is 0 Å². The smallest absolute Gasteiger partial charge is 0.184 e. The Hall–Kier alpha value is -2.60. The molecule has 0 atom stereocenters. The van der Waals surface area contributed by atoms with Gasteiger partial charge in [-0.2, -0.15) is 0 Å². The number of phenols is 1. The molecule has 3 aromatic rings. The zero-order valence-electron chi connectivity index (χ0n) is 11.5. The van der Waals surface area contributed by atoms with Crippen molar-refractivity contribution >= 4 is 9.84 Å². The van der Waals surface area contributed by atoms with E-state index in [4.69, 9.17) is 4.52 Å². The standard InChI is InChI=1S/C16H13NO4S/c18-14-6-8-15(9-7-14)22(19,20)11-13-10-16(21-17-13)12-4-2-1-3-5-12/h1-10,18H,11H2. The van der Waals surface area contributed by atoms with Crippen LogP contribution in [0.5, 0.6) is 5.75 Å². The minimum atomic E-state index is -3.53. The number of hydrogen-bond donors (Lipinski definition) is 1. The number of rotatable bonds is 4. The molecule has 0 unspecified atom stereocenters. The Labute approximate surface area is 127 Å². The maximum atomic E-state index is 12.3. The van der Waals surface area contributed by atoms with Gasteiger partial charge in [0, 0.05) is 11.6 Å². The monoisotopic (exact) mass is 315 g/mol. The van der Waals surface area contributed by atoms with Gasteiger partial charge in [-0.25, -0.2) is 8.42 Å². The van der Waals surface area contributed by atoms with Crippen LogP contribution in [-0.2, 0) is 15.6 Å². The molecule has 1 N–H and O–H groups in total. The molecule has 112 valence electrons. The highest BCUT2D eigenvalue weighted by Crippen LogP contribution is 2.23. The van der Waals surface area contributed by atoms with E-state index in [1.54, 1.807) is 6.07 Å². The predicted octanol–water partition coefficient (Wildman–Crippen LogP) is 3.02. The van der Waals surface area contributed by atoms with Gasteiger partial charge in [0.1, 0.15) is 11.5 Å². The van der Waals surface area contributed by atoms with Crippen LogP contribution in [0, 0.1) is 0 Å². The maximum absolute atomic E-state index is 12.3. The minimum absolute atomic E-state index is 0.0201. The van der Waals surface area contributed by atoms with E-state index < -0.39 is 9.84 Å². The topological polar surface area (TPSA) is 80.4 Å². The van der Waals surface area contributed by atoms with Gasteiger partial charge in [-0.05, 0) is 24.3 Å². The van der Waals surface area contributed by atoms with Crippen molar-refractivity contribution in [2.45, 2.75) is 10.6 Å². The Morgan fingerprint density at radius 3 is 2.36 bits per heavy atom. The first-order valence-corrected chi connectivity index (χ1v) is 8.23. The first-order valence-electron chi connectivity index (χ1n) is 6.57. The van der Waals surface area contributed by atoms with Crippen molar-refractivity contribution in [1.29, 1.82) is 0 Å². The van der Waals surface area contributed by atoms with E-state index in [0.717, 1.165) is 5.56 Å². The molecule has 0 aliphatic heterocycles. The summed E-state index contributed by atoms with van der Waals surface area (Å²) in [6.45, 7) is 0. The van der Waals surface area contributed by atoms with Gasteiger partial charge in [0.05, 0.1) is 10.6 Å². The first kappa shape index (κ1) is 14.3. The summed E-state index contributed by atoms with van der Waals surface area (Å²) in [6.07, 6.45) is 0. The summed E-state index contributed by atoms with van der Waals surface area (Å²) in [5, 5.41) is 13.0. The molecule has 0 radical (unpaired) electrons. The molecule has 0 saturated carbocycles. The van der Waals surface area contributed by atoms with Crippen molar-refractivity contribution in [1.82, 2.24) is 5.16 Å². The molecule has 0 amide bonds. The summed E-state index contributed by atoms with van der Waals surface area (Å²) in [5.41, 5.74) is 1.18. The Morgan fingerprint density at radius 2 is 1.68 bits per heavy atom. The molecule has 0 aliphatic carbocycles. The lowest BCUT2D eigenvalue weighted by molar-refractivity contribution is 0.425. The van der Waals surface area contributed by atoms with Crippen LogP contribution in [0.15, 0.2) is 70.1 Å². The Kier molecular flexibility index (Phi) is 3.68. The SMILES string of the molecule is O=S(=O)(Cc1cc(-c2ccccc2)on1)c1ccc(O)cc1. The molecule has 0 bridgehead atoms. The van der Waals surface area contributed by atoms with E-state index in [9.17, 15) is 13.5 Å². The van der Waals surface area contributed by atoms with E-state index in [-0.39, 0.29) is 16.4 Å². The van der Waals surface area contributed by atoms with Crippen molar-refractivity contribution in [3.8, 4) is 17.1 Å². The highest BCUT2D eigenvalue weighted by molar-refractivity contribution is 7.90. The van der Waals surface area contributed by atoms with Gasteiger partial charge in [-0.15, -0.1) is 0 Å². The van der Waals surface area contributed by atoms with E-state index in [1.165, 1.54) is 24.3 Å². The lowest BCUT2D eigenvalue weighted by Gasteiger charge is -2.01. The Balaban J connectivity index is 1.84. The van der Waals surface area contributed by atoms with Gasteiger partial charge >= 0.3 is 0 Å². The average Bonchev–Trinajstić information content (AvgIpc) is 2.96. The summed E-state index contributed by atoms with van der Waals surface area (Å²) in [7, 11) is -3.53. The van der Waals surface area contributed by atoms with Crippen LogP contribution in [-0.4, -0.2) is 18.7 Å². The predicted molar refractivity (Wildman–Crippen MR) is 80.9 cm³/mol. The lowest BCUT2D eigenvalue weighted by Crippen LogP contribution is -2.04. The number of benzene rings is 2.